The normalized spacial score (nSPS) is 10.2. The summed E-state index contributed by atoms with van der Waals surface area (Å²) < 4.78 is 2.12. The van der Waals surface area contributed by atoms with Crippen molar-refractivity contribution in [2.45, 2.75) is 19.0 Å². The quantitative estimate of drug-likeness (QED) is 0.543. The molecule has 1 rings (SSSR count). The van der Waals surface area contributed by atoms with Gasteiger partial charge in [0.25, 0.3) is 0 Å². The van der Waals surface area contributed by atoms with E-state index in [0.717, 1.165) is 6.54 Å². The molecule has 1 heterocycles. The van der Waals surface area contributed by atoms with Gasteiger partial charge in [-0.3, -0.25) is 0 Å². The van der Waals surface area contributed by atoms with E-state index in [0.29, 0.717) is 0 Å². The Morgan fingerprint density at radius 2 is 2.44 bits per heavy atom. The van der Waals surface area contributed by atoms with Crippen molar-refractivity contribution in [2.24, 2.45) is 0 Å². The third-order valence-electron chi connectivity index (χ3n) is 1.33. The van der Waals surface area contributed by atoms with E-state index >= 15 is 0 Å². The van der Waals surface area contributed by atoms with Crippen LogP contribution in [-0.2, 0) is 6.54 Å². The molecule has 0 amide bonds. The number of imidazole rings is 1. The molecule has 0 saturated heterocycles. The Labute approximate surface area is 58.3 Å². The number of aryl methyl sites for hydroxylation is 1. The number of hydrogen-bond donors (Lipinski definition) is 0. The third kappa shape index (κ3) is 2.01. The van der Waals surface area contributed by atoms with Gasteiger partial charge < -0.3 is 4.57 Å². The highest BCUT2D eigenvalue weighted by Gasteiger charge is 1.85. The van der Waals surface area contributed by atoms with Crippen LogP contribution >= 0.6 is 0 Å². The second kappa shape index (κ2) is 3.45. The first-order valence-corrected chi connectivity index (χ1v) is 4.80. The summed E-state index contributed by atoms with van der Waals surface area (Å²) >= 11 is 0. The van der Waals surface area contributed by atoms with Gasteiger partial charge in [0.1, 0.15) is 0 Å². The monoisotopic (exact) mass is 140 g/mol. The van der Waals surface area contributed by atoms with Gasteiger partial charge in [-0.15, -0.1) is 0 Å². The lowest BCUT2D eigenvalue weighted by Gasteiger charge is -1.96. The molecule has 0 bridgehead atoms. The Hall–Kier alpha value is -0.573. The summed E-state index contributed by atoms with van der Waals surface area (Å²) in [6.07, 6.45) is 7.02. The van der Waals surface area contributed by atoms with E-state index < -0.39 is 0 Å². The maximum Gasteiger partial charge on any atom is 0.0945 e. The van der Waals surface area contributed by atoms with Crippen molar-refractivity contribution in [3.05, 3.63) is 18.7 Å². The van der Waals surface area contributed by atoms with Crippen LogP contribution < -0.4 is 0 Å². The zero-order chi connectivity index (χ0) is 6.53. The molecule has 0 aromatic carbocycles. The largest absolute Gasteiger partial charge is 0.338 e. The molecular formula is C6H12N2Si. The molecule has 0 aliphatic heterocycles. The number of nitrogens with zero attached hydrogens (tertiary/aromatic N) is 2. The predicted octanol–water partition coefficient (Wildman–Crippen LogP) is 0.0569. The van der Waals surface area contributed by atoms with Crippen LogP contribution in [0.5, 0.6) is 0 Å². The Morgan fingerprint density at radius 3 is 3.00 bits per heavy atom. The molecule has 0 unspecified atom stereocenters. The van der Waals surface area contributed by atoms with Crippen LogP contribution in [0.2, 0.25) is 6.04 Å². The SMILES string of the molecule is [SiH3]CCCn1ccnc1. The molecule has 0 N–H and O–H groups in total. The molecule has 3 heteroatoms. The lowest BCUT2D eigenvalue weighted by atomic mass is 10.5. The van der Waals surface area contributed by atoms with Gasteiger partial charge in [0.2, 0.25) is 0 Å². The summed E-state index contributed by atoms with van der Waals surface area (Å²) in [5, 5.41) is 0. The minimum Gasteiger partial charge on any atom is -0.338 e. The van der Waals surface area contributed by atoms with Crippen molar-refractivity contribution in [3.63, 3.8) is 0 Å². The van der Waals surface area contributed by atoms with E-state index in [1.165, 1.54) is 22.7 Å². The van der Waals surface area contributed by atoms with Crippen molar-refractivity contribution < 1.29 is 0 Å². The summed E-state index contributed by atoms with van der Waals surface area (Å²) in [6.45, 7) is 1.14. The maximum absolute atomic E-state index is 3.95. The fourth-order valence-electron chi connectivity index (χ4n) is 0.760. The van der Waals surface area contributed by atoms with Gasteiger partial charge in [0.15, 0.2) is 0 Å². The number of rotatable bonds is 3. The zero-order valence-corrected chi connectivity index (χ0v) is 7.75. The topological polar surface area (TPSA) is 17.8 Å². The average molecular weight is 140 g/mol. The molecule has 0 aliphatic carbocycles. The van der Waals surface area contributed by atoms with E-state index in [-0.39, 0.29) is 0 Å². The van der Waals surface area contributed by atoms with Crippen molar-refractivity contribution in [2.75, 3.05) is 0 Å². The van der Waals surface area contributed by atoms with Gasteiger partial charge in [0, 0.05) is 29.2 Å². The molecule has 1 aromatic rings. The van der Waals surface area contributed by atoms with Crippen LogP contribution in [-0.4, -0.2) is 19.8 Å². The molecule has 50 valence electrons. The van der Waals surface area contributed by atoms with Crippen molar-refractivity contribution in [1.29, 1.82) is 0 Å². The first kappa shape index (κ1) is 6.55. The van der Waals surface area contributed by atoms with E-state index in [4.69, 9.17) is 0 Å². The molecule has 0 spiro atoms. The van der Waals surface area contributed by atoms with Crippen LogP contribution in [0.1, 0.15) is 6.42 Å². The maximum atomic E-state index is 3.95. The highest BCUT2D eigenvalue weighted by molar-refractivity contribution is 6.08. The lowest BCUT2D eigenvalue weighted by Crippen LogP contribution is -1.92. The summed E-state index contributed by atoms with van der Waals surface area (Å²) in [5.41, 5.74) is 0. The van der Waals surface area contributed by atoms with Crippen LogP contribution in [0.25, 0.3) is 0 Å². The van der Waals surface area contributed by atoms with Crippen molar-refractivity contribution >= 4 is 10.2 Å². The number of aromatic nitrogens is 2. The smallest absolute Gasteiger partial charge is 0.0945 e. The fraction of sp³-hybridized carbons (Fsp3) is 0.500. The molecular weight excluding hydrogens is 128 g/mol. The Kier molecular flexibility index (Phi) is 2.51. The molecule has 0 saturated carbocycles. The van der Waals surface area contributed by atoms with Gasteiger partial charge >= 0.3 is 0 Å². The Morgan fingerprint density at radius 1 is 1.56 bits per heavy atom. The zero-order valence-electron chi connectivity index (χ0n) is 5.75. The van der Waals surface area contributed by atoms with Crippen molar-refractivity contribution in [3.8, 4) is 0 Å². The van der Waals surface area contributed by atoms with E-state index in [9.17, 15) is 0 Å². The first-order chi connectivity index (χ1) is 4.43. The highest BCUT2D eigenvalue weighted by Crippen LogP contribution is 1.91. The highest BCUT2D eigenvalue weighted by atomic mass is 28.1. The van der Waals surface area contributed by atoms with Gasteiger partial charge in [-0.05, 0) is 6.42 Å². The molecule has 0 aliphatic rings. The molecule has 2 nitrogen and oxygen atoms in total. The number of hydrogen-bond acceptors (Lipinski definition) is 1. The summed E-state index contributed by atoms with van der Waals surface area (Å²) in [5.74, 6) is 0. The Bertz CT molecular complexity index is 148. The molecule has 1 aromatic heterocycles. The van der Waals surface area contributed by atoms with E-state index in [2.05, 4.69) is 9.55 Å². The minimum atomic E-state index is 1.14. The van der Waals surface area contributed by atoms with Crippen LogP contribution in [0.4, 0.5) is 0 Å². The lowest BCUT2D eigenvalue weighted by molar-refractivity contribution is 0.678. The van der Waals surface area contributed by atoms with Gasteiger partial charge in [-0.25, -0.2) is 4.98 Å². The van der Waals surface area contributed by atoms with Gasteiger partial charge in [-0.2, -0.15) is 0 Å². The molecule has 0 radical (unpaired) electrons. The van der Waals surface area contributed by atoms with Crippen molar-refractivity contribution in [1.82, 2.24) is 9.55 Å². The second-order valence-electron chi connectivity index (χ2n) is 2.15. The summed E-state index contributed by atoms with van der Waals surface area (Å²) in [4.78, 5) is 3.95. The standard InChI is InChI=1S/C6H12N2Si/c9-5-1-3-8-4-2-7-6-8/h2,4,6H,1,3,5H2,9H3. The van der Waals surface area contributed by atoms with E-state index in [1.807, 2.05) is 18.7 Å². The fourth-order valence-corrected chi connectivity index (χ4v) is 1.08. The molecule has 0 fully saturated rings. The summed E-state index contributed by atoms with van der Waals surface area (Å²) in [6, 6.07) is 1.39. The predicted molar refractivity (Wildman–Crippen MR) is 41.6 cm³/mol. The average Bonchev–Trinajstić information content (AvgIpc) is 2.34. The van der Waals surface area contributed by atoms with Crippen LogP contribution in [0.3, 0.4) is 0 Å². The second-order valence-corrected chi connectivity index (χ2v) is 3.15. The summed E-state index contributed by atoms with van der Waals surface area (Å²) in [7, 11) is 1.32. The van der Waals surface area contributed by atoms with E-state index in [1.54, 1.807) is 0 Å². The van der Waals surface area contributed by atoms with Gasteiger partial charge in [-0.1, -0.05) is 6.04 Å². The van der Waals surface area contributed by atoms with Gasteiger partial charge in [0.05, 0.1) is 6.33 Å². The Balaban J connectivity index is 2.30. The van der Waals surface area contributed by atoms with Crippen LogP contribution in [0, 0.1) is 0 Å². The minimum absolute atomic E-state index is 1.14. The van der Waals surface area contributed by atoms with Crippen LogP contribution in [0.15, 0.2) is 18.7 Å². The first-order valence-electron chi connectivity index (χ1n) is 3.39. The molecule has 9 heavy (non-hydrogen) atoms. The third-order valence-corrected chi connectivity index (χ3v) is 2.04. The molecule has 0 atom stereocenters.